The van der Waals surface area contributed by atoms with Gasteiger partial charge >= 0.3 is 5.97 Å². The summed E-state index contributed by atoms with van der Waals surface area (Å²) in [6.45, 7) is 4.62. The van der Waals surface area contributed by atoms with Crippen LogP contribution in [0.2, 0.25) is 0 Å². The van der Waals surface area contributed by atoms with E-state index in [0.717, 1.165) is 6.42 Å². The van der Waals surface area contributed by atoms with Crippen LogP contribution in [0, 0.1) is 24.7 Å². The summed E-state index contributed by atoms with van der Waals surface area (Å²) in [6.07, 6.45) is 2.05. The van der Waals surface area contributed by atoms with Gasteiger partial charge in [0.2, 0.25) is 5.91 Å². The summed E-state index contributed by atoms with van der Waals surface area (Å²) in [5.74, 6) is -1.57. The van der Waals surface area contributed by atoms with Crippen molar-refractivity contribution in [2.45, 2.75) is 33.1 Å². The summed E-state index contributed by atoms with van der Waals surface area (Å²) < 4.78 is 0. The number of carboxylic acid groups (broad SMARTS) is 1. The highest BCUT2D eigenvalue weighted by atomic mass is 16.4. The van der Waals surface area contributed by atoms with Gasteiger partial charge < -0.3 is 10.4 Å². The fourth-order valence-electron chi connectivity index (χ4n) is 3.20. The van der Waals surface area contributed by atoms with Gasteiger partial charge in [-0.15, -0.1) is 0 Å². The van der Waals surface area contributed by atoms with Gasteiger partial charge in [-0.25, -0.2) is 0 Å². The van der Waals surface area contributed by atoms with Gasteiger partial charge in [0.1, 0.15) is 0 Å². The molecule has 1 aromatic rings. The van der Waals surface area contributed by atoms with E-state index in [1.807, 2.05) is 19.1 Å². The van der Waals surface area contributed by atoms with Crippen molar-refractivity contribution in [3.05, 3.63) is 35.4 Å². The Bertz CT molecular complexity index is 527. The van der Waals surface area contributed by atoms with Crippen LogP contribution in [0.15, 0.2) is 24.3 Å². The molecule has 21 heavy (non-hydrogen) atoms. The van der Waals surface area contributed by atoms with E-state index >= 15 is 0 Å². The van der Waals surface area contributed by atoms with Crippen LogP contribution in [0.3, 0.4) is 0 Å². The van der Waals surface area contributed by atoms with Crippen molar-refractivity contribution in [3.63, 3.8) is 0 Å². The maximum Gasteiger partial charge on any atom is 0.307 e. The van der Waals surface area contributed by atoms with E-state index in [1.54, 1.807) is 0 Å². The number of hydrogen-bond donors (Lipinski definition) is 2. The third-order valence-corrected chi connectivity index (χ3v) is 4.41. The average molecular weight is 289 g/mol. The van der Waals surface area contributed by atoms with Gasteiger partial charge in [0.25, 0.3) is 0 Å². The second-order valence-electron chi connectivity index (χ2n) is 6.10. The number of rotatable bonds is 5. The number of amides is 1. The third-order valence-electron chi connectivity index (χ3n) is 4.41. The summed E-state index contributed by atoms with van der Waals surface area (Å²) in [7, 11) is 0. The van der Waals surface area contributed by atoms with Gasteiger partial charge in [0.05, 0.1) is 11.8 Å². The Hall–Kier alpha value is -1.84. The number of carbonyl (C=O) groups is 2. The standard InChI is InChI=1S/C17H23NO3/c1-11-9-14(15(10-11)17(20)21)16(19)18-8-7-13-6-4-3-5-12(13)2/h3-6,11,14-15H,7-10H2,1-2H3,(H,18,19)(H,20,21). The van der Waals surface area contributed by atoms with Crippen molar-refractivity contribution >= 4 is 11.9 Å². The smallest absolute Gasteiger partial charge is 0.307 e. The first-order valence-electron chi connectivity index (χ1n) is 7.54. The van der Waals surface area contributed by atoms with Crippen molar-refractivity contribution in [1.29, 1.82) is 0 Å². The van der Waals surface area contributed by atoms with E-state index in [4.69, 9.17) is 0 Å². The molecule has 114 valence electrons. The van der Waals surface area contributed by atoms with E-state index in [2.05, 4.69) is 24.4 Å². The third kappa shape index (κ3) is 3.84. The van der Waals surface area contributed by atoms with Crippen molar-refractivity contribution in [2.75, 3.05) is 6.54 Å². The summed E-state index contributed by atoms with van der Waals surface area (Å²) in [4.78, 5) is 23.4. The lowest BCUT2D eigenvalue weighted by Gasteiger charge is -2.15. The molecule has 2 rings (SSSR count). The molecule has 3 atom stereocenters. The summed E-state index contributed by atoms with van der Waals surface area (Å²) in [6, 6.07) is 8.09. The normalized spacial score (nSPS) is 24.8. The molecular formula is C17H23NO3. The van der Waals surface area contributed by atoms with Gasteiger partial charge in [-0.1, -0.05) is 31.2 Å². The topological polar surface area (TPSA) is 66.4 Å². The molecule has 0 spiro atoms. The quantitative estimate of drug-likeness (QED) is 0.874. The van der Waals surface area contributed by atoms with Crippen LogP contribution in [0.25, 0.3) is 0 Å². The minimum atomic E-state index is -0.849. The predicted octanol–water partition coefficient (Wildman–Crippen LogP) is 2.40. The molecule has 4 heteroatoms. The van der Waals surface area contributed by atoms with Crippen LogP contribution in [-0.4, -0.2) is 23.5 Å². The fourth-order valence-corrected chi connectivity index (χ4v) is 3.20. The Morgan fingerprint density at radius 2 is 1.90 bits per heavy atom. The van der Waals surface area contributed by atoms with E-state index < -0.39 is 11.9 Å². The van der Waals surface area contributed by atoms with Crippen LogP contribution >= 0.6 is 0 Å². The Morgan fingerprint density at radius 1 is 1.24 bits per heavy atom. The molecule has 0 saturated heterocycles. The maximum atomic E-state index is 12.2. The number of benzene rings is 1. The molecule has 0 aliphatic heterocycles. The maximum absolute atomic E-state index is 12.2. The average Bonchev–Trinajstić information content (AvgIpc) is 2.83. The van der Waals surface area contributed by atoms with Crippen molar-refractivity contribution < 1.29 is 14.7 Å². The Labute approximate surface area is 125 Å². The zero-order valence-corrected chi connectivity index (χ0v) is 12.6. The summed E-state index contributed by atoms with van der Waals surface area (Å²) in [5, 5.41) is 12.1. The minimum Gasteiger partial charge on any atom is -0.481 e. The minimum absolute atomic E-state index is 0.111. The molecule has 3 unspecified atom stereocenters. The Balaban J connectivity index is 1.87. The number of carbonyl (C=O) groups excluding carboxylic acids is 1. The number of carboxylic acids is 1. The summed E-state index contributed by atoms with van der Waals surface area (Å²) >= 11 is 0. The van der Waals surface area contributed by atoms with Crippen molar-refractivity contribution in [3.8, 4) is 0 Å². The van der Waals surface area contributed by atoms with E-state index in [-0.39, 0.29) is 11.8 Å². The number of nitrogens with one attached hydrogen (secondary N) is 1. The van der Waals surface area contributed by atoms with Gasteiger partial charge in [-0.3, -0.25) is 9.59 Å². The van der Waals surface area contributed by atoms with Crippen LogP contribution in [0.1, 0.15) is 30.9 Å². The van der Waals surface area contributed by atoms with Gasteiger partial charge in [-0.05, 0) is 43.2 Å². The zero-order chi connectivity index (χ0) is 15.4. The van der Waals surface area contributed by atoms with Crippen molar-refractivity contribution in [1.82, 2.24) is 5.32 Å². The number of aliphatic carboxylic acids is 1. The van der Waals surface area contributed by atoms with Gasteiger partial charge in [0, 0.05) is 6.54 Å². The highest BCUT2D eigenvalue weighted by molar-refractivity contribution is 5.85. The molecule has 1 aliphatic rings. The molecule has 1 aliphatic carbocycles. The molecule has 1 fully saturated rings. The molecule has 0 aromatic heterocycles. The first kappa shape index (κ1) is 15.5. The van der Waals surface area contributed by atoms with Gasteiger partial charge in [-0.2, -0.15) is 0 Å². The molecule has 1 aromatic carbocycles. The lowest BCUT2D eigenvalue weighted by Crippen LogP contribution is -2.36. The molecule has 4 nitrogen and oxygen atoms in total. The molecule has 0 radical (unpaired) electrons. The van der Waals surface area contributed by atoms with Crippen LogP contribution in [0.5, 0.6) is 0 Å². The molecule has 0 heterocycles. The second kappa shape index (κ2) is 6.74. The SMILES string of the molecule is Cc1ccccc1CCNC(=O)C1CC(C)CC1C(=O)O. The molecule has 2 N–H and O–H groups in total. The monoisotopic (exact) mass is 289 g/mol. The highest BCUT2D eigenvalue weighted by Crippen LogP contribution is 2.36. The van der Waals surface area contributed by atoms with E-state index in [1.165, 1.54) is 11.1 Å². The van der Waals surface area contributed by atoms with Crippen LogP contribution in [0.4, 0.5) is 0 Å². The number of hydrogen-bond acceptors (Lipinski definition) is 2. The lowest BCUT2D eigenvalue weighted by molar-refractivity contribution is -0.146. The molecule has 0 bridgehead atoms. The highest BCUT2D eigenvalue weighted by Gasteiger charge is 2.40. The van der Waals surface area contributed by atoms with E-state index in [0.29, 0.717) is 25.3 Å². The first-order chi connectivity index (χ1) is 9.99. The zero-order valence-electron chi connectivity index (χ0n) is 12.6. The first-order valence-corrected chi connectivity index (χ1v) is 7.54. The fraction of sp³-hybridized carbons (Fsp3) is 0.529. The molecular weight excluding hydrogens is 266 g/mol. The second-order valence-corrected chi connectivity index (χ2v) is 6.10. The van der Waals surface area contributed by atoms with Crippen LogP contribution < -0.4 is 5.32 Å². The number of aryl methyl sites for hydroxylation is 1. The molecule has 1 saturated carbocycles. The van der Waals surface area contributed by atoms with E-state index in [9.17, 15) is 14.7 Å². The Kier molecular flexibility index (Phi) is 4.99. The van der Waals surface area contributed by atoms with Gasteiger partial charge in [0.15, 0.2) is 0 Å². The predicted molar refractivity (Wildman–Crippen MR) is 80.9 cm³/mol. The lowest BCUT2D eigenvalue weighted by atomic mass is 9.95. The molecule has 1 amide bonds. The van der Waals surface area contributed by atoms with Crippen LogP contribution in [-0.2, 0) is 16.0 Å². The summed E-state index contributed by atoms with van der Waals surface area (Å²) in [5.41, 5.74) is 2.43. The Morgan fingerprint density at radius 3 is 2.57 bits per heavy atom. The largest absolute Gasteiger partial charge is 0.481 e. The van der Waals surface area contributed by atoms with Crippen molar-refractivity contribution in [2.24, 2.45) is 17.8 Å².